The largest absolute Gasteiger partial charge is 0.491 e. The Morgan fingerprint density at radius 1 is 0.889 bits per heavy atom. The van der Waals surface area contributed by atoms with Gasteiger partial charge >= 0.3 is 6.18 Å². The number of imidazole rings is 1. The molecule has 0 aliphatic rings. The van der Waals surface area contributed by atoms with E-state index in [4.69, 9.17) is 4.74 Å². The van der Waals surface area contributed by atoms with Crippen LogP contribution in [0.2, 0.25) is 0 Å². The zero-order valence-corrected chi connectivity index (χ0v) is 19.9. The van der Waals surface area contributed by atoms with E-state index in [1.165, 1.54) is 11.6 Å². The van der Waals surface area contributed by atoms with E-state index in [-0.39, 0.29) is 12.4 Å². The lowest BCUT2D eigenvalue weighted by Crippen LogP contribution is -2.35. The summed E-state index contributed by atoms with van der Waals surface area (Å²) in [6, 6.07) is 26.8. The van der Waals surface area contributed by atoms with Gasteiger partial charge in [-0.15, -0.1) is 0 Å². The van der Waals surface area contributed by atoms with E-state index in [1.807, 2.05) is 36.4 Å². The van der Waals surface area contributed by atoms with E-state index in [2.05, 4.69) is 34.1 Å². The molecule has 4 aromatic rings. The molecule has 0 amide bonds. The molecule has 0 fully saturated rings. The van der Waals surface area contributed by atoms with Crippen LogP contribution in [-0.4, -0.2) is 38.8 Å². The fourth-order valence-electron chi connectivity index (χ4n) is 3.98. The molecule has 1 atom stereocenters. The summed E-state index contributed by atoms with van der Waals surface area (Å²) in [5.41, 5.74) is 1.91. The van der Waals surface area contributed by atoms with Crippen LogP contribution in [0.4, 0.5) is 13.2 Å². The van der Waals surface area contributed by atoms with Crippen LogP contribution in [0.15, 0.2) is 91.1 Å². The van der Waals surface area contributed by atoms with E-state index in [0.717, 1.165) is 17.3 Å². The zero-order valence-electron chi connectivity index (χ0n) is 19.9. The summed E-state index contributed by atoms with van der Waals surface area (Å²) in [4.78, 5) is 5.88. The van der Waals surface area contributed by atoms with Crippen LogP contribution in [-0.2, 0) is 26.3 Å². The average molecular weight is 496 g/mol. The highest BCUT2D eigenvalue weighted by Crippen LogP contribution is 2.31. The third-order valence-corrected chi connectivity index (χ3v) is 5.69. The number of rotatable bonds is 10. The first-order chi connectivity index (χ1) is 17.3. The van der Waals surface area contributed by atoms with Gasteiger partial charge < -0.3 is 14.4 Å². The van der Waals surface area contributed by atoms with Crippen LogP contribution in [0.3, 0.4) is 0 Å². The van der Waals surface area contributed by atoms with Crippen molar-refractivity contribution in [2.45, 2.75) is 25.4 Å². The van der Waals surface area contributed by atoms with Crippen molar-refractivity contribution in [1.82, 2.24) is 14.5 Å². The Balaban J connectivity index is 1.36. The van der Waals surface area contributed by atoms with Crippen molar-refractivity contribution in [2.75, 3.05) is 13.2 Å². The minimum atomic E-state index is -4.50. The van der Waals surface area contributed by atoms with Gasteiger partial charge in [-0.25, -0.2) is 4.98 Å². The number of ether oxygens (including phenoxy) is 1. The molecule has 0 bridgehead atoms. The van der Waals surface area contributed by atoms with Gasteiger partial charge in [-0.2, -0.15) is 13.2 Å². The molecule has 0 radical (unpaired) electrons. The molecule has 1 aromatic heterocycles. The number of aliphatic hydroxyl groups excluding tert-OH is 1. The van der Waals surface area contributed by atoms with Crippen molar-refractivity contribution in [2.24, 2.45) is 7.05 Å². The summed E-state index contributed by atoms with van der Waals surface area (Å²) < 4.78 is 46.0. The number of hydrogen-bond donors (Lipinski definition) is 1. The van der Waals surface area contributed by atoms with Gasteiger partial charge in [0.05, 0.1) is 0 Å². The van der Waals surface area contributed by atoms with Crippen molar-refractivity contribution < 1.29 is 23.0 Å². The molecule has 3 aromatic carbocycles. The van der Waals surface area contributed by atoms with Gasteiger partial charge in [-0.05, 0) is 35.4 Å². The predicted octanol–water partition coefficient (Wildman–Crippen LogP) is 5.55. The van der Waals surface area contributed by atoms with Gasteiger partial charge in [-0.1, -0.05) is 60.7 Å². The SMILES string of the molecule is Cn1cc(C(F)(F)F)nc1-c1ccc(OCC(O)CN(Cc2ccccc2)Cc2ccccc2)cc1. The standard InChI is InChI=1S/C28H28F3N3O2/c1-33-19-26(28(29,30)31)32-27(33)23-12-14-25(15-13-23)36-20-24(35)18-34(16-21-8-4-2-5-9-21)17-22-10-6-3-7-11-22/h2-15,19,24,35H,16-18,20H2,1H3. The normalized spacial score (nSPS) is 12.6. The monoisotopic (exact) mass is 495 g/mol. The van der Waals surface area contributed by atoms with Crippen molar-refractivity contribution in [3.63, 3.8) is 0 Å². The Bertz CT molecular complexity index is 1190. The molecule has 0 saturated carbocycles. The number of halogens is 3. The molecule has 0 saturated heterocycles. The predicted molar refractivity (Wildman–Crippen MR) is 132 cm³/mol. The summed E-state index contributed by atoms with van der Waals surface area (Å²) >= 11 is 0. The molecule has 0 aliphatic heterocycles. The Morgan fingerprint density at radius 3 is 1.94 bits per heavy atom. The summed E-state index contributed by atoms with van der Waals surface area (Å²) in [7, 11) is 1.52. The number of aryl methyl sites for hydroxylation is 1. The molecule has 188 valence electrons. The molecular formula is C28H28F3N3O2. The zero-order chi connectivity index (χ0) is 25.5. The molecule has 5 nitrogen and oxygen atoms in total. The minimum absolute atomic E-state index is 0.0834. The number of aromatic nitrogens is 2. The third kappa shape index (κ3) is 6.96. The maximum absolute atomic E-state index is 12.9. The lowest BCUT2D eigenvalue weighted by atomic mass is 10.1. The van der Waals surface area contributed by atoms with Gasteiger partial charge in [0.25, 0.3) is 0 Å². The second-order valence-corrected chi connectivity index (χ2v) is 8.69. The van der Waals surface area contributed by atoms with E-state index in [1.54, 1.807) is 24.3 Å². The van der Waals surface area contributed by atoms with Crippen LogP contribution in [0.25, 0.3) is 11.4 Å². The molecular weight excluding hydrogens is 467 g/mol. The van der Waals surface area contributed by atoms with E-state index in [0.29, 0.717) is 30.9 Å². The maximum Gasteiger partial charge on any atom is 0.434 e. The first kappa shape index (κ1) is 25.5. The van der Waals surface area contributed by atoms with E-state index < -0.39 is 18.0 Å². The number of hydrogen-bond acceptors (Lipinski definition) is 4. The maximum atomic E-state index is 12.9. The fraction of sp³-hybridized carbons (Fsp3) is 0.250. The Morgan fingerprint density at radius 2 is 1.44 bits per heavy atom. The lowest BCUT2D eigenvalue weighted by Gasteiger charge is -2.25. The minimum Gasteiger partial charge on any atom is -0.491 e. The Labute approximate surface area is 208 Å². The second-order valence-electron chi connectivity index (χ2n) is 8.69. The van der Waals surface area contributed by atoms with Gasteiger partial charge in [-0.3, -0.25) is 4.90 Å². The quantitative estimate of drug-likeness (QED) is 0.314. The van der Waals surface area contributed by atoms with Crippen LogP contribution >= 0.6 is 0 Å². The van der Waals surface area contributed by atoms with Crippen LogP contribution in [0.1, 0.15) is 16.8 Å². The molecule has 0 spiro atoms. The van der Waals surface area contributed by atoms with Gasteiger partial charge in [0.15, 0.2) is 5.69 Å². The Hall–Kier alpha value is -3.62. The molecule has 1 N–H and O–H groups in total. The van der Waals surface area contributed by atoms with Crippen molar-refractivity contribution >= 4 is 0 Å². The third-order valence-electron chi connectivity index (χ3n) is 5.69. The summed E-state index contributed by atoms with van der Waals surface area (Å²) in [6.07, 6.45) is -4.27. The highest BCUT2D eigenvalue weighted by Gasteiger charge is 2.34. The first-order valence-electron chi connectivity index (χ1n) is 11.6. The first-order valence-corrected chi connectivity index (χ1v) is 11.6. The van der Waals surface area contributed by atoms with E-state index >= 15 is 0 Å². The number of alkyl halides is 3. The van der Waals surface area contributed by atoms with Crippen molar-refractivity contribution in [3.05, 3.63) is 108 Å². The van der Waals surface area contributed by atoms with Crippen LogP contribution < -0.4 is 4.74 Å². The van der Waals surface area contributed by atoms with Crippen molar-refractivity contribution in [3.8, 4) is 17.1 Å². The number of benzene rings is 3. The summed E-state index contributed by atoms with van der Waals surface area (Å²) in [6.45, 7) is 1.87. The molecule has 36 heavy (non-hydrogen) atoms. The molecule has 1 unspecified atom stereocenters. The van der Waals surface area contributed by atoms with Gasteiger partial charge in [0, 0.05) is 38.4 Å². The molecule has 4 rings (SSSR count). The summed E-state index contributed by atoms with van der Waals surface area (Å²) in [5, 5.41) is 10.7. The molecule has 1 heterocycles. The van der Waals surface area contributed by atoms with Gasteiger partial charge in [0.2, 0.25) is 0 Å². The second kappa shape index (κ2) is 11.4. The highest BCUT2D eigenvalue weighted by molar-refractivity contribution is 5.57. The lowest BCUT2D eigenvalue weighted by molar-refractivity contribution is -0.140. The fourth-order valence-corrected chi connectivity index (χ4v) is 3.98. The van der Waals surface area contributed by atoms with Crippen molar-refractivity contribution in [1.29, 1.82) is 0 Å². The van der Waals surface area contributed by atoms with Gasteiger partial charge in [0.1, 0.15) is 24.3 Å². The van der Waals surface area contributed by atoms with E-state index in [9.17, 15) is 18.3 Å². The number of nitrogens with zero attached hydrogens (tertiary/aromatic N) is 3. The molecule has 0 aliphatic carbocycles. The van der Waals surface area contributed by atoms with Crippen LogP contribution in [0.5, 0.6) is 5.75 Å². The summed E-state index contributed by atoms with van der Waals surface area (Å²) in [5.74, 6) is 0.729. The average Bonchev–Trinajstić information content (AvgIpc) is 3.26. The smallest absolute Gasteiger partial charge is 0.434 e. The number of aliphatic hydroxyl groups is 1. The Kier molecular flexibility index (Phi) is 8.07. The highest BCUT2D eigenvalue weighted by atomic mass is 19.4. The topological polar surface area (TPSA) is 50.5 Å². The molecule has 8 heteroatoms. The van der Waals surface area contributed by atoms with Crippen LogP contribution in [0, 0.1) is 0 Å².